The van der Waals surface area contributed by atoms with Crippen LogP contribution in [0.2, 0.25) is 0 Å². The molecule has 0 radical (unpaired) electrons. The summed E-state index contributed by atoms with van der Waals surface area (Å²) in [5, 5.41) is 0. The fourth-order valence-electron chi connectivity index (χ4n) is 3.48. The average Bonchev–Trinajstić information content (AvgIpc) is 2.33. The predicted molar refractivity (Wildman–Crippen MR) is 73.1 cm³/mol. The molecule has 0 bridgehead atoms. The Labute approximate surface area is 106 Å². The Morgan fingerprint density at radius 3 is 2.53 bits per heavy atom. The normalized spacial score (nSPS) is 41.6. The summed E-state index contributed by atoms with van der Waals surface area (Å²) in [6.07, 6.45) is 5.33. The second-order valence-electron chi connectivity index (χ2n) is 6.23. The third-order valence-electron chi connectivity index (χ3n) is 5.01. The largest absolute Gasteiger partial charge is 0.330 e. The van der Waals surface area contributed by atoms with Crippen LogP contribution >= 0.6 is 0 Å². The highest BCUT2D eigenvalue weighted by molar-refractivity contribution is 4.89. The zero-order valence-corrected chi connectivity index (χ0v) is 11.7. The summed E-state index contributed by atoms with van der Waals surface area (Å²) in [5.41, 5.74) is 5.85. The van der Waals surface area contributed by atoms with Crippen molar-refractivity contribution in [1.29, 1.82) is 0 Å². The standard InChI is InChI=1S/C14H29N3/c1-11-4-5-13(9-15)10-17(11)14-6-7-16(3)12(2)8-14/h11-14H,4-10,15H2,1-3H3. The molecule has 2 saturated heterocycles. The quantitative estimate of drug-likeness (QED) is 0.793. The van der Waals surface area contributed by atoms with Crippen molar-refractivity contribution >= 4 is 0 Å². The predicted octanol–water partition coefficient (Wildman–Crippen LogP) is 1.53. The average molecular weight is 239 g/mol. The van der Waals surface area contributed by atoms with E-state index in [1.54, 1.807) is 0 Å². The van der Waals surface area contributed by atoms with Crippen molar-refractivity contribution in [3.63, 3.8) is 0 Å². The molecule has 0 aromatic carbocycles. The molecule has 4 atom stereocenters. The van der Waals surface area contributed by atoms with Gasteiger partial charge in [-0.05, 0) is 65.6 Å². The van der Waals surface area contributed by atoms with Crippen molar-refractivity contribution in [3.05, 3.63) is 0 Å². The van der Waals surface area contributed by atoms with Gasteiger partial charge < -0.3 is 10.6 Å². The molecular weight excluding hydrogens is 210 g/mol. The first kappa shape index (κ1) is 13.3. The van der Waals surface area contributed by atoms with Crippen LogP contribution in [0.25, 0.3) is 0 Å². The van der Waals surface area contributed by atoms with Gasteiger partial charge in [-0.15, -0.1) is 0 Å². The maximum Gasteiger partial charge on any atom is 0.0125 e. The van der Waals surface area contributed by atoms with Gasteiger partial charge in [-0.25, -0.2) is 0 Å². The second kappa shape index (κ2) is 5.68. The number of piperidine rings is 2. The maximum atomic E-state index is 5.85. The van der Waals surface area contributed by atoms with Crippen molar-refractivity contribution < 1.29 is 0 Å². The van der Waals surface area contributed by atoms with Gasteiger partial charge in [0.2, 0.25) is 0 Å². The van der Waals surface area contributed by atoms with E-state index in [0.717, 1.165) is 30.6 Å². The van der Waals surface area contributed by atoms with E-state index in [-0.39, 0.29) is 0 Å². The van der Waals surface area contributed by atoms with Crippen LogP contribution in [-0.2, 0) is 0 Å². The van der Waals surface area contributed by atoms with Crippen LogP contribution in [0.3, 0.4) is 0 Å². The monoisotopic (exact) mass is 239 g/mol. The molecule has 2 rings (SSSR count). The van der Waals surface area contributed by atoms with E-state index in [4.69, 9.17) is 5.73 Å². The third kappa shape index (κ3) is 3.01. The van der Waals surface area contributed by atoms with Gasteiger partial charge in [-0.2, -0.15) is 0 Å². The van der Waals surface area contributed by atoms with Gasteiger partial charge >= 0.3 is 0 Å². The topological polar surface area (TPSA) is 32.5 Å². The van der Waals surface area contributed by atoms with Crippen molar-refractivity contribution in [1.82, 2.24) is 9.80 Å². The first-order valence-electron chi connectivity index (χ1n) is 7.27. The first-order valence-corrected chi connectivity index (χ1v) is 7.27. The van der Waals surface area contributed by atoms with Gasteiger partial charge in [-0.3, -0.25) is 4.90 Å². The number of rotatable bonds is 2. The second-order valence-corrected chi connectivity index (χ2v) is 6.23. The molecule has 100 valence electrons. The van der Waals surface area contributed by atoms with Gasteiger partial charge in [0, 0.05) is 24.7 Å². The lowest BCUT2D eigenvalue weighted by Crippen LogP contribution is -2.54. The highest BCUT2D eigenvalue weighted by Crippen LogP contribution is 2.29. The Kier molecular flexibility index (Phi) is 4.45. The summed E-state index contributed by atoms with van der Waals surface area (Å²) in [6.45, 7) is 8.11. The summed E-state index contributed by atoms with van der Waals surface area (Å²) >= 11 is 0. The molecular formula is C14H29N3. The number of likely N-dealkylation sites (tertiary alicyclic amines) is 2. The SMILES string of the molecule is CC1CC(N2CC(CN)CCC2C)CCN1C. The Morgan fingerprint density at radius 2 is 1.88 bits per heavy atom. The van der Waals surface area contributed by atoms with E-state index in [9.17, 15) is 0 Å². The zero-order valence-electron chi connectivity index (χ0n) is 11.7. The number of nitrogens with zero attached hydrogens (tertiary/aromatic N) is 2. The van der Waals surface area contributed by atoms with E-state index in [1.807, 2.05) is 0 Å². The van der Waals surface area contributed by atoms with Gasteiger partial charge in [0.1, 0.15) is 0 Å². The Hall–Kier alpha value is -0.120. The number of hydrogen-bond donors (Lipinski definition) is 1. The molecule has 4 unspecified atom stereocenters. The highest BCUT2D eigenvalue weighted by atomic mass is 15.2. The van der Waals surface area contributed by atoms with Crippen molar-refractivity contribution in [2.24, 2.45) is 11.7 Å². The summed E-state index contributed by atoms with van der Waals surface area (Å²) in [7, 11) is 2.25. The Morgan fingerprint density at radius 1 is 1.12 bits per heavy atom. The molecule has 0 aromatic rings. The molecule has 17 heavy (non-hydrogen) atoms. The fraction of sp³-hybridized carbons (Fsp3) is 1.00. The van der Waals surface area contributed by atoms with Crippen molar-refractivity contribution in [3.8, 4) is 0 Å². The Bertz CT molecular complexity index is 244. The fourth-order valence-corrected chi connectivity index (χ4v) is 3.48. The van der Waals surface area contributed by atoms with Crippen LogP contribution in [0, 0.1) is 5.92 Å². The lowest BCUT2D eigenvalue weighted by molar-refractivity contribution is 0.0263. The number of hydrogen-bond acceptors (Lipinski definition) is 3. The van der Waals surface area contributed by atoms with Crippen LogP contribution in [-0.4, -0.2) is 54.6 Å². The third-order valence-corrected chi connectivity index (χ3v) is 5.01. The maximum absolute atomic E-state index is 5.85. The van der Waals surface area contributed by atoms with Gasteiger partial charge in [0.15, 0.2) is 0 Å². The molecule has 3 nitrogen and oxygen atoms in total. The minimum absolute atomic E-state index is 0.735. The molecule has 2 aliphatic heterocycles. The molecule has 0 amide bonds. The van der Waals surface area contributed by atoms with Crippen molar-refractivity contribution in [2.45, 2.75) is 57.7 Å². The van der Waals surface area contributed by atoms with E-state index >= 15 is 0 Å². The molecule has 0 spiro atoms. The van der Waals surface area contributed by atoms with Crippen LogP contribution in [0.1, 0.15) is 39.5 Å². The smallest absolute Gasteiger partial charge is 0.0125 e. The zero-order chi connectivity index (χ0) is 12.4. The highest BCUT2D eigenvalue weighted by Gasteiger charge is 2.33. The first-order chi connectivity index (χ1) is 8.11. The minimum Gasteiger partial charge on any atom is -0.330 e. The summed E-state index contributed by atoms with van der Waals surface area (Å²) in [4.78, 5) is 5.25. The van der Waals surface area contributed by atoms with E-state index < -0.39 is 0 Å². The molecule has 0 aliphatic carbocycles. The lowest BCUT2D eigenvalue weighted by atomic mass is 9.88. The molecule has 3 heteroatoms. The molecule has 2 fully saturated rings. The Balaban J connectivity index is 1.95. The molecule has 0 saturated carbocycles. The molecule has 0 aromatic heterocycles. The van der Waals surface area contributed by atoms with Gasteiger partial charge in [0.05, 0.1) is 0 Å². The lowest BCUT2D eigenvalue weighted by Gasteiger charge is -2.47. The summed E-state index contributed by atoms with van der Waals surface area (Å²) in [6, 6.07) is 2.29. The number of nitrogens with two attached hydrogens (primary N) is 1. The van der Waals surface area contributed by atoms with E-state index in [0.29, 0.717) is 0 Å². The van der Waals surface area contributed by atoms with Crippen LogP contribution in [0.15, 0.2) is 0 Å². The van der Waals surface area contributed by atoms with Crippen molar-refractivity contribution in [2.75, 3.05) is 26.7 Å². The van der Waals surface area contributed by atoms with Crippen LogP contribution in [0.4, 0.5) is 0 Å². The molecule has 2 aliphatic rings. The van der Waals surface area contributed by atoms with E-state index in [2.05, 4.69) is 30.7 Å². The molecule has 2 heterocycles. The minimum atomic E-state index is 0.735. The van der Waals surface area contributed by atoms with Crippen LogP contribution < -0.4 is 5.73 Å². The van der Waals surface area contributed by atoms with Gasteiger partial charge in [0.25, 0.3) is 0 Å². The summed E-state index contributed by atoms with van der Waals surface area (Å²) in [5.74, 6) is 0.737. The van der Waals surface area contributed by atoms with E-state index in [1.165, 1.54) is 38.8 Å². The van der Waals surface area contributed by atoms with Gasteiger partial charge in [-0.1, -0.05) is 0 Å². The molecule has 2 N–H and O–H groups in total. The summed E-state index contributed by atoms with van der Waals surface area (Å²) < 4.78 is 0. The van der Waals surface area contributed by atoms with Crippen LogP contribution in [0.5, 0.6) is 0 Å².